The molecule has 0 unspecified atom stereocenters. The molecule has 2 N–H and O–H groups in total. The maximum atomic E-state index is 15.3. The molecule has 2 aromatic heterocycles. The lowest BCUT2D eigenvalue weighted by atomic mass is 9.86. The van der Waals surface area contributed by atoms with Crippen LogP contribution in [0.15, 0.2) is 81.1 Å². The van der Waals surface area contributed by atoms with Gasteiger partial charge in [-0.25, -0.2) is 9.37 Å². The number of carbonyl (C=O) groups is 1. The number of anilines is 1. The quantitative estimate of drug-likeness (QED) is 0.208. The smallest absolute Gasteiger partial charge is 0.282 e. The van der Waals surface area contributed by atoms with Crippen molar-refractivity contribution in [2.24, 2.45) is 0 Å². The molecule has 2 aliphatic heterocycles. The zero-order chi connectivity index (χ0) is 31.7. The number of benzene rings is 2. The number of fused-ring (bicyclic) bond motifs is 1. The van der Waals surface area contributed by atoms with E-state index in [1.54, 1.807) is 24.4 Å². The molecule has 0 saturated carbocycles. The number of aromatic nitrogens is 3. The van der Waals surface area contributed by atoms with E-state index in [0.717, 1.165) is 19.5 Å². The highest BCUT2D eigenvalue weighted by Crippen LogP contribution is 2.31. The number of pyridine rings is 1. The number of amides is 1. The molecule has 1 saturated heterocycles. The standard InChI is InChI=1S/C34H33FIN5O4/c1-34(2,3)24-15-23-19-38-41(33(44)31(23)27(35)17-24)28-6-4-5-25(26(28)20-42)21-9-10-37-30(16-21)39-29-8-7-22(18-36-29)32(43)40-11-13-45-14-12-40/h4-10,15-19,42H,11-14,20H2,1-3H3,(H,37,39). The van der Waals surface area contributed by atoms with Crippen LogP contribution in [0.25, 0.3) is 27.6 Å². The Bertz CT molecular complexity index is 1950. The molecule has 6 rings (SSSR count). The Morgan fingerprint density at radius 3 is 2.64 bits per heavy atom. The fourth-order valence-corrected chi connectivity index (χ4v) is 7.29. The highest BCUT2D eigenvalue weighted by molar-refractivity contribution is 14.2. The van der Waals surface area contributed by atoms with Crippen LogP contribution in [0.4, 0.5) is 10.2 Å². The molecule has 45 heavy (non-hydrogen) atoms. The van der Waals surface area contributed by atoms with Gasteiger partial charge in [0.15, 0.2) is 0 Å². The van der Waals surface area contributed by atoms with Crippen molar-refractivity contribution in [1.29, 1.82) is 0 Å². The lowest BCUT2D eigenvalue weighted by molar-refractivity contribution is -0.130. The summed E-state index contributed by atoms with van der Waals surface area (Å²) in [6.45, 7) is 7.91. The van der Waals surface area contributed by atoms with Crippen molar-refractivity contribution in [2.45, 2.75) is 32.8 Å². The molecule has 0 spiro atoms. The molecule has 11 heteroatoms. The van der Waals surface area contributed by atoms with Gasteiger partial charge in [-0.2, -0.15) is 9.78 Å². The molecule has 9 nitrogen and oxygen atoms in total. The molecule has 0 aliphatic carbocycles. The van der Waals surface area contributed by atoms with Gasteiger partial charge in [0.25, 0.3) is 11.5 Å². The van der Waals surface area contributed by atoms with E-state index in [-0.39, 0.29) is 23.3 Å². The number of allylic oxidation sites excluding steroid dienone is 2. The van der Waals surface area contributed by atoms with E-state index in [0.29, 0.717) is 59.9 Å². The fraction of sp³-hybridized carbons (Fsp3) is 0.265. The van der Waals surface area contributed by atoms with Crippen LogP contribution < -0.4 is 10.9 Å². The van der Waals surface area contributed by atoms with Crippen molar-refractivity contribution in [2.75, 3.05) is 31.6 Å². The van der Waals surface area contributed by atoms with Crippen LogP contribution in [-0.4, -0.2) is 61.0 Å². The van der Waals surface area contributed by atoms with Gasteiger partial charge < -0.3 is 20.1 Å². The maximum Gasteiger partial charge on any atom is 0.282 e. The van der Waals surface area contributed by atoms with Crippen molar-refractivity contribution >= 4 is 47.2 Å². The second kappa shape index (κ2) is 12.7. The molecular weight excluding hydrogens is 688 g/mol. The van der Waals surface area contributed by atoms with Gasteiger partial charge >= 0.3 is 0 Å². The van der Waals surface area contributed by atoms with Crippen LogP contribution in [0.5, 0.6) is 0 Å². The summed E-state index contributed by atoms with van der Waals surface area (Å²) in [5.74, 6) is 0.0343. The first-order chi connectivity index (χ1) is 21.6. The van der Waals surface area contributed by atoms with E-state index in [9.17, 15) is 14.7 Å². The van der Waals surface area contributed by atoms with E-state index in [1.165, 1.54) is 12.3 Å². The van der Waals surface area contributed by atoms with E-state index in [2.05, 4.69) is 15.4 Å². The number of rotatable bonds is 6. The molecule has 0 radical (unpaired) electrons. The normalized spacial score (nSPS) is 15.4. The molecule has 2 aliphatic rings. The number of ether oxygens (including phenoxy) is 1. The van der Waals surface area contributed by atoms with Gasteiger partial charge in [0.2, 0.25) is 0 Å². The lowest BCUT2D eigenvalue weighted by Crippen LogP contribution is -2.41. The van der Waals surface area contributed by atoms with Crippen LogP contribution in [0.3, 0.4) is 0 Å². The number of nitrogens with zero attached hydrogens (tertiary/aromatic N) is 4. The highest BCUT2D eigenvalue weighted by Gasteiger charge is 2.22. The molecule has 0 atom stereocenters. The van der Waals surface area contributed by atoms with Crippen molar-refractivity contribution in [1.82, 2.24) is 19.7 Å². The minimum atomic E-state index is -0.602. The van der Waals surface area contributed by atoms with Gasteiger partial charge in [0.05, 0.1) is 40.8 Å². The first kappa shape index (κ1) is 30.9. The molecule has 0 bridgehead atoms. The first-order valence-corrected chi connectivity index (χ1v) is 16.9. The Hall–Kier alpha value is -4.07. The summed E-state index contributed by atoms with van der Waals surface area (Å²) in [5.41, 5.74) is 2.88. The predicted octanol–water partition coefficient (Wildman–Crippen LogP) is 5.20. The van der Waals surface area contributed by atoms with Gasteiger partial charge in [-0.05, 0) is 68.6 Å². The maximum absolute atomic E-state index is 15.3. The van der Waals surface area contributed by atoms with Crippen LogP contribution in [0.1, 0.15) is 31.9 Å². The number of morpholine rings is 1. The van der Waals surface area contributed by atoms with Crippen molar-refractivity contribution < 1.29 is 19.0 Å². The zero-order valence-electron chi connectivity index (χ0n) is 25.2. The Labute approximate surface area is 269 Å². The van der Waals surface area contributed by atoms with E-state index >= 15 is 4.39 Å². The monoisotopic (exact) mass is 721 g/mol. The number of aliphatic hydroxyl groups is 1. The molecule has 1 amide bonds. The van der Waals surface area contributed by atoms with Crippen LogP contribution in [0, 0.1) is 5.82 Å². The summed E-state index contributed by atoms with van der Waals surface area (Å²) in [6.07, 6.45) is 6.92. The summed E-state index contributed by atoms with van der Waals surface area (Å²) in [7, 11) is 0. The van der Waals surface area contributed by atoms with Gasteiger partial charge in [0, 0.05) is 35.8 Å². The van der Waals surface area contributed by atoms with E-state index in [1.807, 2.05) is 60.0 Å². The summed E-state index contributed by atoms with van der Waals surface area (Å²) < 4.78 is 24.8. The van der Waals surface area contributed by atoms with Gasteiger partial charge in [0.1, 0.15) is 11.6 Å². The SMILES string of the molecule is CC(C)(C)c1cc(F)c2c(=O)n(-c3cccc(-c4ccnc(NC5=CC=C(C(=O)N6CCOCC6)C=I5)c4)c3CO)ncc2c1. The molecule has 2 aromatic carbocycles. The number of nitrogens with one attached hydrogen (secondary N) is 1. The second-order valence-electron chi connectivity index (χ2n) is 11.8. The fourth-order valence-electron chi connectivity index (χ4n) is 5.33. The Morgan fingerprint density at radius 1 is 1.13 bits per heavy atom. The average molecular weight is 722 g/mol. The number of carbonyl (C=O) groups excluding carboxylic acids is 1. The van der Waals surface area contributed by atoms with Gasteiger partial charge in [-0.15, -0.1) is 0 Å². The lowest BCUT2D eigenvalue weighted by Gasteiger charge is -2.27. The summed E-state index contributed by atoms with van der Waals surface area (Å²) in [5, 5.41) is 18.6. The predicted molar refractivity (Wildman–Crippen MR) is 182 cm³/mol. The van der Waals surface area contributed by atoms with Crippen molar-refractivity contribution in [3.63, 3.8) is 0 Å². The third-order valence-electron chi connectivity index (χ3n) is 7.81. The summed E-state index contributed by atoms with van der Waals surface area (Å²) in [4.78, 5) is 32.7. The minimum Gasteiger partial charge on any atom is -0.392 e. The van der Waals surface area contributed by atoms with Crippen LogP contribution >= 0.6 is 20.7 Å². The topological polar surface area (TPSA) is 110 Å². The molecular formula is C34H33FIN5O4. The number of hydrogen-bond donors (Lipinski definition) is 2. The number of aliphatic hydroxyl groups excluding tert-OH is 1. The zero-order valence-corrected chi connectivity index (χ0v) is 27.3. The third kappa shape index (κ3) is 6.37. The van der Waals surface area contributed by atoms with Crippen LogP contribution in [-0.2, 0) is 21.6 Å². The average Bonchev–Trinajstić information content (AvgIpc) is 3.04. The minimum absolute atomic E-state index is 0.0299. The van der Waals surface area contributed by atoms with Gasteiger partial charge in [-0.1, -0.05) is 53.6 Å². The molecule has 4 aromatic rings. The number of halogens is 2. The first-order valence-electron chi connectivity index (χ1n) is 14.6. The number of hydrogen-bond acceptors (Lipinski definition) is 7. The largest absolute Gasteiger partial charge is 0.392 e. The van der Waals surface area contributed by atoms with E-state index < -0.39 is 32.1 Å². The third-order valence-corrected chi connectivity index (χ3v) is 10.1. The van der Waals surface area contributed by atoms with E-state index in [4.69, 9.17) is 4.74 Å². The molecule has 4 heterocycles. The van der Waals surface area contributed by atoms with Crippen LogP contribution in [0.2, 0.25) is 0 Å². The Morgan fingerprint density at radius 2 is 1.93 bits per heavy atom. The molecule has 1 fully saturated rings. The Balaban J connectivity index is 1.30. The summed E-state index contributed by atoms with van der Waals surface area (Å²) in [6, 6.07) is 12.2. The summed E-state index contributed by atoms with van der Waals surface area (Å²) >= 11 is -0.594. The second-order valence-corrected chi connectivity index (χ2v) is 14.2. The highest BCUT2D eigenvalue weighted by atomic mass is 127. The van der Waals surface area contributed by atoms with Crippen molar-refractivity contribution in [3.8, 4) is 16.8 Å². The van der Waals surface area contributed by atoms with Gasteiger partial charge in [-0.3, -0.25) is 9.59 Å². The van der Waals surface area contributed by atoms with Crippen molar-refractivity contribution in [3.05, 3.63) is 104 Å². The molecule has 232 valence electrons. The Kier molecular flexibility index (Phi) is 8.76.